The maximum atomic E-state index is 10.6. The molecule has 3 heteroatoms. The van der Waals surface area contributed by atoms with Crippen molar-refractivity contribution in [2.24, 2.45) is 5.73 Å². The van der Waals surface area contributed by atoms with Crippen molar-refractivity contribution < 1.29 is 4.74 Å². The molecule has 0 aliphatic heterocycles. The lowest BCUT2D eigenvalue weighted by molar-refractivity contribution is -0.453. The highest BCUT2D eigenvalue weighted by Crippen LogP contribution is 1.77. The van der Waals surface area contributed by atoms with Gasteiger partial charge in [0.2, 0.25) is 0 Å². The molecule has 0 rings (SSSR count). The van der Waals surface area contributed by atoms with Gasteiger partial charge < -0.3 is 10.9 Å². The van der Waals surface area contributed by atoms with Gasteiger partial charge in [-0.25, -0.2) is 4.74 Å². The molecule has 9 heavy (non-hydrogen) atoms. The Bertz CT molecular complexity index is 91.1. The van der Waals surface area contributed by atoms with Gasteiger partial charge >= 0.3 is 0 Å². The molecular weight excluding hydrogens is 116 g/mol. The molecule has 0 spiro atoms. The molecule has 0 radical (unpaired) electrons. The quantitative estimate of drug-likeness (QED) is 0.258. The largest absolute Gasteiger partial charge is 0.624 e. The van der Waals surface area contributed by atoms with E-state index in [1.165, 1.54) is 0 Å². The number of rotatable bonds is 4. The van der Waals surface area contributed by atoms with Gasteiger partial charge in [0.05, 0.1) is 0 Å². The predicted molar refractivity (Wildman–Crippen MR) is 38.5 cm³/mol. The molecule has 0 atom stereocenters. The van der Waals surface area contributed by atoms with E-state index in [0.29, 0.717) is 19.5 Å². The van der Waals surface area contributed by atoms with Crippen molar-refractivity contribution in [2.75, 3.05) is 13.1 Å². The van der Waals surface area contributed by atoms with Gasteiger partial charge in [-0.3, -0.25) is 0 Å². The molecular formula is C6H14N2O. The molecule has 54 valence electrons. The van der Waals surface area contributed by atoms with Crippen LogP contribution in [0.3, 0.4) is 0 Å². The van der Waals surface area contributed by atoms with Crippen LogP contribution in [-0.4, -0.2) is 24.0 Å². The molecule has 3 nitrogen and oxygen atoms in total. The Hall–Kier alpha value is -0.570. The van der Waals surface area contributed by atoms with Crippen molar-refractivity contribution >= 4 is 6.21 Å². The predicted octanol–water partition coefficient (Wildman–Crippen LogP) is 0.326. The lowest BCUT2D eigenvalue weighted by Crippen LogP contribution is -2.09. The van der Waals surface area contributed by atoms with E-state index >= 15 is 0 Å². The number of hydroxylamine groups is 1. The fourth-order valence-corrected chi connectivity index (χ4v) is 0.530. The number of hydrogen-bond donors (Lipinski definition) is 1. The Morgan fingerprint density at radius 3 is 2.78 bits per heavy atom. The molecule has 0 saturated heterocycles. The Morgan fingerprint density at radius 1 is 1.67 bits per heavy atom. The average Bonchev–Trinajstić information content (AvgIpc) is 1.85. The molecule has 0 aromatic heterocycles. The minimum atomic E-state index is 0.558. The van der Waals surface area contributed by atoms with Crippen molar-refractivity contribution in [3.05, 3.63) is 5.21 Å². The average molecular weight is 130 g/mol. The van der Waals surface area contributed by atoms with Crippen LogP contribution in [0.15, 0.2) is 0 Å². The minimum Gasteiger partial charge on any atom is -0.624 e. The van der Waals surface area contributed by atoms with Crippen LogP contribution in [0.2, 0.25) is 0 Å². The van der Waals surface area contributed by atoms with E-state index in [1.807, 2.05) is 6.92 Å². The van der Waals surface area contributed by atoms with E-state index < -0.39 is 0 Å². The van der Waals surface area contributed by atoms with E-state index in [1.54, 1.807) is 6.21 Å². The van der Waals surface area contributed by atoms with Crippen molar-refractivity contribution in [3.8, 4) is 0 Å². The molecule has 0 bridgehead atoms. The molecule has 0 aromatic rings. The lowest BCUT2D eigenvalue weighted by Gasteiger charge is -1.99. The molecule has 0 heterocycles. The number of nitrogens with two attached hydrogens (primary N) is 1. The van der Waals surface area contributed by atoms with E-state index in [0.717, 1.165) is 11.2 Å². The molecule has 0 unspecified atom stereocenters. The van der Waals surface area contributed by atoms with E-state index in [4.69, 9.17) is 5.73 Å². The van der Waals surface area contributed by atoms with Crippen LogP contribution >= 0.6 is 0 Å². The zero-order valence-corrected chi connectivity index (χ0v) is 5.84. The van der Waals surface area contributed by atoms with E-state index in [-0.39, 0.29) is 0 Å². The van der Waals surface area contributed by atoms with Gasteiger partial charge in [-0.1, -0.05) is 6.92 Å². The second-order valence-electron chi connectivity index (χ2n) is 1.90. The molecule has 0 aliphatic rings. The number of nitrogens with zero attached hydrogens (tertiary/aromatic N) is 1. The summed E-state index contributed by atoms with van der Waals surface area (Å²) in [6, 6.07) is 0. The van der Waals surface area contributed by atoms with Crippen molar-refractivity contribution in [2.45, 2.75) is 19.8 Å². The Labute approximate surface area is 55.8 Å². The first-order valence-electron chi connectivity index (χ1n) is 3.28. The Kier molecular flexibility index (Phi) is 5.21. The maximum Gasteiger partial charge on any atom is 0.152 e. The van der Waals surface area contributed by atoms with Gasteiger partial charge in [-0.2, -0.15) is 0 Å². The highest BCUT2D eigenvalue weighted by atomic mass is 16.5. The molecule has 0 aliphatic carbocycles. The summed E-state index contributed by atoms with van der Waals surface area (Å²) in [6.45, 7) is 3.11. The van der Waals surface area contributed by atoms with Gasteiger partial charge in [-0.15, -0.1) is 0 Å². The summed E-state index contributed by atoms with van der Waals surface area (Å²) in [5.41, 5.74) is 5.18. The first kappa shape index (κ1) is 8.43. The topological polar surface area (TPSA) is 52.1 Å². The summed E-state index contributed by atoms with van der Waals surface area (Å²) in [7, 11) is 0. The summed E-state index contributed by atoms with van der Waals surface area (Å²) < 4.78 is 0.937. The maximum absolute atomic E-state index is 10.6. The first-order valence-corrected chi connectivity index (χ1v) is 3.28. The van der Waals surface area contributed by atoms with E-state index in [2.05, 4.69) is 0 Å². The van der Waals surface area contributed by atoms with Crippen LogP contribution in [0.4, 0.5) is 0 Å². The fourth-order valence-electron chi connectivity index (χ4n) is 0.530. The molecule has 2 N–H and O–H groups in total. The summed E-state index contributed by atoms with van der Waals surface area (Å²) >= 11 is 0. The smallest absolute Gasteiger partial charge is 0.152 e. The van der Waals surface area contributed by atoms with Gasteiger partial charge in [0.25, 0.3) is 0 Å². The third kappa shape index (κ3) is 5.30. The van der Waals surface area contributed by atoms with Crippen LogP contribution in [0, 0.1) is 5.21 Å². The Morgan fingerprint density at radius 2 is 2.33 bits per heavy atom. The Balaban J connectivity index is 3.30. The van der Waals surface area contributed by atoms with Crippen molar-refractivity contribution in [3.63, 3.8) is 0 Å². The summed E-state index contributed by atoms with van der Waals surface area (Å²) in [5.74, 6) is 0. The normalized spacial score (nSPS) is 12.0. The van der Waals surface area contributed by atoms with Crippen LogP contribution in [0.25, 0.3) is 0 Å². The molecule has 0 saturated carbocycles. The SMILES string of the molecule is CCC/[N+]([O-])=C/CCN. The van der Waals surface area contributed by atoms with Crippen LogP contribution in [0.1, 0.15) is 19.8 Å². The third-order valence-corrected chi connectivity index (χ3v) is 0.943. The lowest BCUT2D eigenvalue weighted by atomic mass is 10.4. The van der Waals surface area contributed by atoms with Gasteiger partial charge in [0, 0.05) is 19.4 Å². The van der Waals surface area contributed by atoms with E-state index in [9.17, 15) is 5.21 Å². The van der Waals surface area contributed by atoms with Gasteiger partial charge in [-0.05, 0) is 0 Å². The van der Waals surface area contributed by atoms with Crippen LogP contribution < -0.4 is 5.73 Å². The third-order valence-electron chi connectivity index (χ3n) is 0.943. The second kappa shape index (κ2) is 5.56. The fraction of sp³-hybridized carbons (Fsp3) is 0.833. The zero-order chi connectivity index (χ0) is 7.11. The monoisotopic (exact) mass is 130 g/mol. The van der Waals surface area contributed by atoms with Crippen molar-refractivity contribution in [1.82, 2.24) is 0 Å². The molecule has 0 aromatic carbocycles. The van der Waals surface area contributed by atoms with Crippen LogP contribution in [0.5, 0.6) is 0 Å². The standard InChI is InChI=1S/C6H14N2O/c1-2-5-8(9)6-3-4-7/h6H,2-5,7H2,1H3/b8-6-. The minimum absolute atomic E-state index is 0.558. The first-order chi connectivity index (χ1) is 4.31. The van der Waals surface area contributed by atoms with Gasteiger partial charge in [0.15, 0.2) is 12.8 Å². The zero-order valence-electron chi connectivity index (χ0n) is 5.84. The van der Waals surface area contributed by atoms with Crippen molar-refractivity contribution in [1.29, 1.82) is 0 Å². The summed E-state index contributed by atoms with van der Waals surface area (Å²) in [4.78, 5) is 0. The highest BCUT2D eigenvalue weighted by molar-refractivity contribution is 5.51. The highest BCUT2D eigenvalue weighted by Gasteiger charge is 1.86. The molecule has 0 amide bonds. The second-order valence-corrected chi connectivity index (χ2v) is 1.90. The van der Waals surface area contributed by atoms with Gasteiger partial charge in [0.1, 0.15) is 0 Å². The summed E-state index contributed by atoms with van der Waals surface area (Å²) in [6.07, 6.45) is 3.16. The number of hydrogen-bond acceptors (Lipinski definition) is 2. The van der Waals surface area contributed by atoms with Crippen LogP contribution in [-0.2, 0) is 0 Å². The summed E-state index contributed by atoms with van der Waals surface area (Å²) in [5, 5.41) is 10.6. The molecule has 0 fully saturated rings.